The van der Waals surface area contributed by atoms with Gasteiger partial charge in [-0.2, -0.15) is 0 Å². The summed E-state index contributed by atoms with van der Waals surface area (Å²) in [6.45, 7) is 0. The molecule has 2 aromatic rings. The van der Waals surface area contributed by atoms with E-state index in [0.717, 1.165) is 5.69 Å². The van der Waals surface area contributed by atoms with E-state index >= 15 is 0 Å². The van der Waals surface area contributed by atoms with E-state index in [1.54, 1.807) is 0 Å². The molecular weight excluding hydrogens is 230 g/mol. The summed E-state index contributed by atoms with van der Waals surface area (Å²) in [5.74, 6) is 1.33. The molecule has 3 rings (SSSR count). The van der Waals surface area contributed by atoms with Crippen LogP contribution in [0.2, 0.25) is 0 Å². The molecule has 0 aliphatic heterocycles. The van der Waals surface area contributed by atoms with Crippen LogP contribution in [0.4, 0.5) is 0 Å². The van der Waals surface area contributed by atoms with E-state index in [1.807, 2.05) is 12.4 Å². The average Bonchev–Trinajstić information content (AvgIpc) is 2.97. The van der Waals surface area contributed by atoms with E-state index in [2.05, 4.69) is 45.2 Å². The molecule has 1 N–H and O–H groups in total. The van der Waals surface area contributed by atoms with E-state index in [1.165, 1.54) is 23.5 Å². The molecule has 0 amide bonds. The lowest BCUT2D eigenvalue weighted by Gasteiger charge is -2.12. The summed E-state index contributed by atoms with van der Waals surface area (Å²) in [5.41, 5.74) is 2.53. The predicted molar refractivity (Wildman–Crippen MR) is 69.0 cm³/mol. The topological polar surface area (TPSA) is 37.8 Å². The first-order valence-corrected chi connectivity index (χ1v) is 6.73. The molecule has 4 heteroatoms. The molecule has 1 saturated carbocycles. The van der Waals surface area contributed by atoms with Gasteiger partial charge in [0.2, 0.25) is 0 Å². The predicted octanol–water partition coefficient (Wildman–Crippen LogP) is 2.60. The fourth-order valence-electron chi connectivity index (χ4n) is 2.56. The van der Waals surface area contributed by atoms with Crippen LogP contribution in [-0.4, -0.2) is 16.6 Å². The number of hydrogen-bond acceptors (Lipinski definition) is 4. The van der Waals surface area contributed by atoms with Gasteiger partial charge < -0.3 is 5.32 Å². The van der Waals surface area contributed by atoms with E-state index in [-0.39, 0.29) is 0 Å². The Balaban J connectivity index is 1.75. The third kappa shape index (κ3) is 2.10. The minimum absolute atomic E-state index is 0.346. The minimum Gasteiger partial charge on any atom is -0.311 e. The second-order valence-electron chi connectivity index (χ2n) is 4.51. The van der Waals surface area contributed by atoms with Gasteiger partial charge in [0.05, 0.1) is 11.7 Å². The summed E-state index contributed by atoms with van der Waals surface area (Å²) in [7, 11) is 2.00. The zero-order valence-corrected chi connectivity index (χ0v) is 10.5. The maximum atomic E-state index is 4.18. The van der Waals surface area contributed by atoms with Crippen LogP contribution < -0.4 is 5.32 Å². The molecule has 3 unspecified atom stereocenters. The van der Waals surface area contributed by atoms with Gasteiger partial charge >= 0.3 is 0 Å². The molecule has 17 heavy (non-hydrogen) atoms. The Morgan fingerprint density at radius 1 is 1.35 bits per heavy atom. The SMILES string of the molecule is CNC(c1csnn1)C1CC1c1ccccc1. The van der Waals surface area contributed by atoms with Crippen LogP contribution >= 0.6 is 11.5 Å². The quantitative estimate of drug-likeness (QED) is 0.899. The molecule has 1 heterocycles. The van der Waals surface area contributed by atoms with E-state index in [9.17, 15) is 0 Å². The van der Waals surface area contributed by atoms with E-state index < -0.39 is 0 Å². The van der Waals surface area contributed by atoms with E-state index in [0.29, 0.717) is 17.9 Å². The summed E-state index contributed by atoms with van der Waals surface area (Å²) >= 11 is 1.42. The molecule has 1 fully saturated rings. The van der Waals surface area contributed by atoms with E-state index in [4.69, 9.17) is 0 Å². The first-order chi connectivity index (χ1) is 8.40. The fourth-order valence-corrected chi connectivity index (χ4v) is 3.05. The van der Waals surface area contributed by atoms with Crippen LogP contribution in [0.5, 0.6) is 0 Å². The summed E-state index contributed by atoms with van der Waals surface area (Å²) in [4.78, 5) is 0. The second kappa shape index (κ2) is 4.55. The van der Waals surface area contributed by atoms with Crippen molar-refractivity contribution in [3.63, 3.8) is 0 Å². The van der Waals surface area contributed by atoms with Gasteiger partial charge in [-0.3, -0.25) is 0 Å². The number of rotatable bonds is 4. The van der Waals surface area contributed by atoms with Crippen LogP contribution in [-0.2, 0) is 0 Å². The zero-order valence-electron chi connectivity index (χ0n) is 9.71. The van der Waals surface area contributed by atoms with Crippen molar-refractivity contribution < 1.29 is 0 Å². The van der Waals surface area contributed by atoms with Gasteiger partial charge in [-0.1, -0.05) is 34.8 Å². The summed E-state index contributed by atoms with van der Waals surface area (Å²) in [6.07, 6.45) is 1.24. The summed E-state index contributed by atoms with van der Waals surface area (Å²) in [5, 5.41) is 9.60. The monoisotopic (exact) mass is 245 g/mol. The average molecular weight is 245 g/mol. The highest BCUT2D eigenvalue weighted by atomic mass is 32.1. The van der Waals surface area contributed by atoms with Gasteiger partial charge in [0.1, 0.15) is 0 Å². The van der Waals surface area contributed by atoms with Gasteiger partial charge in [0, 0.05) is 5.38 Å². The third-order valence-corrected chi connectivity index (χ3v) is 4.03. The van der Waals surface area contributed by atoms with Crippen molar-refractivity contribution in [2.75, 3.05) is 7.05 Å². The third-order valence-electron chi connectivity index (χ3n) is 3.50. The maximum Gasteiger partial charge on any atom is 0.0927 e. The highest BCUT2D eigenvalue weighted by Crippen LogP contribution is 2.53. The number of nitrogens with zero attached hydrogens (tertiary/aromatic N) is 2. The van der Waals surface area contributed by atoms with Crippen LogP contribution in [0.1, 0.15) is 29.6 Å². The Kier molecular flexibility index (Phi) is 2.91. The molecule has 1 aromatic heterocycles. The van der Waals surface area contributed by atoms with Crippen LogP contribution in [0.25, 0.3) is 0 Å². The molecule has 88 valence electrons. The van der Waals surface area contributed by atoms with Crippen molar-refractivity contribution in [3.8, 4) is 0 Å². The Morgan fingerprint density at radius 3 is 2.82 bits per heavy atom. The Hall–Kier alpha value is -1.26. The standard InChI is InChI=1S/C13H15N3S/c1-14-13(12-8-17-16-15-12)11-7-10(11)9-5-3-2-4-6-9/h2-6,8,10-11,13-14H,7H2,1H3. The summed E-state index contributed by atoms with van der Waals surface area (Å²) < 4.78 is 3.95. The van der Waals surface area contributed by atoms with Gasteiger partial charge in [0.15, 0.2) is 0 Å². The number of aromatic nitrogens is 2. The molecule has 3 atom stereocenters. The Morgan fingerprint density at radius 2 is 2.18 bits per heavy atom. The fraction of sp³-hybridized carbons (Fsp3) is 0.385. The molecule has 1 aliphatic rings. The lowest BCUT2D eigenvalue weighted by atomic mass is 10.0. The molecule has 0 saturated heterocycles. The second-order valence-corrected chi connectivity index (χ2v) is 5.12. The number of hydrogen-bond donors (Lipinski definition) is 1. The van der Waals surface area contributed by atoms with Crippen molar-refractivity contribution in [2.45, 2.75) is 18.4 Å². The van der Waals surface area contributed by atoms with Gasteiger partial charge in [-0.15, -0.1) is 5.10 Å². The van der Waals surface area contributed by atoms with Crippen molar-refractivity contribution in [1.82, 2.24) is 14.9 Å². The van der Waals surface area contributed by atoms with Crippen molar-refractivity contribution >= 4 is 11.5 Å². The highest BCUT2D eigenvalue weighted by molar-refractivity contribution is 7.03. The lowest BCUT2D eigenvalue weighted by Crippen LogP contribution is -2.19. The van der Waals surface area contributed by atoms with Crippen molar-refractivity contribution in [3.05, 3.63) is 47.0 Å². The number of benzene rings is 1. The first kappa shape index (κ1) is 10.9. The first-order valence-electron chi connectivity index (χ1n) is 5.89. The molecule has 0 radical (unpaired) electrons. The normalized spacial score (nSPS) is 24.5. The van der Waals surface area contributed by atoms with Crippen LogP contribution in [0, 0.1) is 5.92 Å². The molecular formula is C13H15N3S. The zero-order chi connectivity index (χ0) is 11.7. The molecule has 0 bridgehead atoms. The van der Waals surface area contributed by atoms with Crippen LogP contribution in [0.3, 0.4) is 0 Å². The molecule has 0 spiro atoms. The van der Waals surface area contributed by atoms with Crippen molar-refractivity contribution in [2.24, 2.45) is 5.92 Å². The Bertz CT molecular complexity index is 469. The lowest BCUT2D eigenvalue weighted by molar-refractivity contribution is 0.504. The largest absolute Gasteiger partial charge is 0.311 e. The van der Waals surface area contributed by atoms with Crippen molar-refractivity contribution in [1.29, 1.82) is 0 Å². The smallest absolute Gasteiger partial charge is 0.0927 e. The van der Waals surface area contributed by atoms with Gasteiger partial charge in [-0.05, 0) is 42.4 Å². The number of nitrogens with one attached hydrogen (secondary N) is 1. The Labute approximate surface area is 105 Å². The molecule has 1 aliphatic carbocycles. The maximum absolute atomic E-state index is 4.18. The van der Waals surface area contributed by atoms with Gasteiger partial charge in [-0.25, -0.2) is 0 Å². The minimum atomic E-state index is 0.346. The van der Waals surface area contributed by atoms with Crippen LogP contribution in [0.15, 0.2) is 35.7 Å². The highest BCUT2D eigenvalue weighted by Gasteiger charge is 2.44. The van der Waals surface area contributed by atoms with Gasteiger partial charge in [0.25, 0.3) is 0 Å². The molecule has 1 aromatic carbocycles. The summed E-state index contributed by atoms with van der Waals surface area (Å²) in [6, 6.07) is 11.1. The molecule has 3 nitrogen and oxygen atoms in total.